The summed E-state index contributed by atoms with van der Waals surface area (Å²) in [5, 5.41) is 0. The summed E-state index contributed by atoms with van der Waals surface area (Å²) in [6, 6.07) is 12.0. The number of esters is 1. The van der Waals surface area contributed by atoms with Crippen molar-refractivity contribution in [3.8, 4) is 0 Å². The fourth-order valence-corrected chi connectivity index (χ4v) is 10.6. The normalized spacial score (nSPS) is 14.9. The van der Waals surface area contributed by atoms with Crippen molar-refractivity contribution < 1.29 is 36.0 Å². The summed E-state index contributed by atoms with van der Waals surface area (Å²) < 4.78 is 63.9. The number of carbonyl (C=O) groups excluding carboxylic acids is 3. The molecule has 3 aromatic carbocycles. The molecule has 12 nitrogen and oxygen atoms in total. The largest absolute Gasteiger partial charge is 0.468 e. The molecule has 0 radical (unpaired) electrons. The Morgan fingerprint density at radius 1 is 0.820 bits per heavy atom. The third kappa shape index (κ3) is 8.31. The Hall–Kier alpha value is -3.15. The molecule has 0 spiro atoms. The van der Waals surface area contributed by atoms with Crippen molar-refractivity contribution in [2.45, 2.75) is 62.3 Å². The highest BCUT2D eigenvalue weighted by atomic mass is 79.9. The molecule has 0 saturated carbocycles. The predicted molar refractivity (Wildman–Crippen MR) is 196 cm³/mol. The molecule has 2 amide bonds. The first-order chi connectivity index (χ1) is 23.5. The van der Waals surface area contributed by atoms with Crippen LogP contribution in [0.2, 0.25) is 0 Å². The first kappa shape index (κ1) is 38.1. The topological polar surface area (TPSA) is 159 Å². The van der Waals surface area contributed by atoms with E-state index < -0.39 is 32.1 Å². The first-order valence-corrected chi connectivity index (χ1v) is 20.5. The van der Waals surface area contributed by atoms with Gasteiger partial charge in [-0.2, -0.15) is 4.72 Å². The van der Waals surface area contributed by atoms with Gasteiger partial charge in [-0.05, 0) is 104 Å². The van der Waals surface area contributed by atoms with Crippen molar-refractivity contribution in [1.29, 1.82) is 0 Å². The average Bonchev–Trinajstić information content (AvgIpc) is 3.66. The summed E-state index contributed by atoms with van der Waals surface area (Å²) >= 11 is 6.72. The maximum Gasteiger partial charge on any atom is 0.324 e. The number of ether oxygens (including phenoxy) is 1. The third-order valence-electron chi connectivity index (χ3n) is 8.60. The number of nitrogens with one attached hydrogen (secondary N) is 2. The number of hydrogen-bond acceptors (Lipinski definition) is 8. The number of halogens is 2. The molecule has 5 rings (SSSR count). The minimum atomic E-state index is -4.25. The van der Waals surface area contributed by atoms with Crippen molar-refractivity contribution in [3.63, 3.8) is 0 Å². The highest BCUT2D eigenvalue weighted by Gasteiger charge is 2.32. The van der Waals surface area contributed by atoms with Crippen LogP contribution in [-0.4, -0.2) is 67.4 Å². The molecule has 0 unspecified atom stereocenters. The maximum atomic E-state index is 13.6. The van der Waals surface area contributed by atoms with E-state index in [2.05, 4.69) is 41.3 Å². The lowest BCUT2D eigenvalue weighted by Crippen LogP contribution is -2.43. The van der Waals surface area contributed by atoms with Gasteiger partial charge in [0.15, 0.2) is 0 Å². The molecule has 2 aliphatic heterocycles. The molecule has 16 heteroatoms. The van der Waals surface area contributed by atoms with E-state index in [4.69, 9.17) is 4.74 Å². The van der Waals surface area contributed by atoms with Gasteiger partial charge in [0, 0.05) is 46.9 Å². The van der Waals surface area contributed by atoms with E-state index >= 15 is 0 Å². The lowest BCUT2D eigenvalue weighted by molar-refractivity contribution is -0.142. The molecule has 2 heterocycles. The van der Waals surface area contributed by atoms with Crippen molar-refractivity contribution in [3.05, 3.63) is 79.7 Å². The second-order valence-electron chi connectivity index (χ2n) is 12.7. The van der Waals surface area contributed by atoms with E-state index in [0.29, 0.717) is 57.4 Å². The van der Waals surface area contributed by atoms with Crippen LogP contribution in [0, 0.1) is 5.92 Å². The summed E-state index contributed by atoms with van der Waals surface area (Å²) in [5.74, 6) is -1.07. The number of sulfonamides is 2. The lowest BCUT2D eigenvalue weighted by atomic mass is 10.0. The molecule has 0 saturated heterocycles. The first-order valence-electron chi connectivity index (χ1n) is 15.9. The summed E-state index contributed by atoms with van der Waals surface area (Å²) in [5.41, 5.74) is 4.07. The Labute approximate surface area is 309 Å². The standard InChI is InChI=1S/C34H38Br2N4O8S2/c1-20(2)19-37-49(44,45)31-18-30-25(16-26(31)35)10-12-40(30)33(42)14-23-7-5-22(6-8-23)13-28(34(43)48-4)38-50(46,47)32-17-29-24(15-27(32)36)9-11-39(29)21(3)41/h5-8,15-18,20,28,37-38H,9-14,19H2,1-4H3/t28-/m0/s1. The molecule has 0 fully saturated rings. The molecule has 50 heavy (non-hydrogen) atoms. The minimum Gasteiger partial charge on any atom is -0.468 e. The Morgan fingerprint density at radius 2 is 1.34 bits per heavy atom. The van der Waals surface area contributed by atoms with Crippen LogP contribution in [0.3, 0.4) is 0 Å². The number of anilines is 2. The van der Waals surface area contributed by atoms with E-state index in [1.54, 1.807) is 41.3 Å². The predicted octanol–water partition coefficient (Wildman–Crippen LogP) is 4.25. The van der Waals surface area contributed by atoms with Crippen molar-refractivity contribution in [1.82, 2.24) is 9.44 Å². The molecular weight excluding hydrogens is 816 g/mol. The van der Waals surface area contributed by atoms with Crippen molar-refractivity contribution >= 4 is 81.1 Å². The van der Waals surface area contributed by atoms with E-state index in [1.165, 1.54) is 31.1 Å². The van der Waals surface area contributed by atoms with Crippen molar-refractivity contribution in [2.75, 3.05) is 36.5 Å². The monoisotopic (exact) mass is 852 g/mol. The Morgan fingerprint density at radius 3 is 1.88 bits per heavy atom. The second-order valence-corrected chi connectivity index (χ2v) is 17.8. The maximum absolute atomic E-state index is 13.6. The lowest BCUT2D eigenvalue weighted by Gasteiger charge is -2.20. The molecule has 0 bridgehead atoms. The summed E-state index contributed by atoms with van der Waals surface area (Å²) in [7, 11) is -6.88. The van der Waals surface area contributed by atoms with Gasteiger partial charge in [-0.3, -0.25) is 14.4 Å². The van der Waals surface area contributed by atoms with Crippen LogP contribution in [-0.2, 0) is 64.9 Å². The third-order valence-corrected chi connectivity index (χ3v) is 13.4. The molecule has 1 atom stereocenters. The van der Waals surface area contributed by atoms with E-state index in [-0.39, 0.29) is 46.9 Å². The molecule has 2 N–H and O–H groups in total. The van der Waals surface area contributed by atoms with Gasteiger partial charge in [0.25, 0.3) is 0 Å². The number of amides is 2. The number of rotatable bonds is 12. The van der Waals surface area contributed by atoms with E-state index in [0.717, 1.165) is 11.1 Å². The Balaban J connectivity index is 1.29. The summed E-state index contributed by atoms with van der Waals surface area (Å²) in [6.07, 6.45) is 1.19. The van der Waals surface area contributed by atoms with E-state index in [1.807, 2.05) is 13.8 Å². The quantitative estimate of drug-likeness (QED) is 0.256. The summed E-state index contributed by atoms with van der Waals surface area (Å²) in [4.78, 5) is 41.4. The number of fused-ring (bicyclic) bond motifs is 2. The number of nitrogens with zero attached hydrogens (tertiary/aromatic N) is 2. The zero-order chi connectivity index (χ0) is 36.5. The smallest absolute Gasteiger partial charge is 0.324 e. The van der Waals surface area contributed by atoms with Crippen molar-refractivity contribution in [2.24, 2.45) is 5.92 Å². The van der Waals surface area contributed by atoms with E-state index in [9.17, 15) is 31.2 Å². The molecule has 0 aromatic heterocycles. The second kappa shape index (κ2) is 15.2. The number of methoxy groups -OCH3 is 1. The highest BCUT2D eigenvalue weighted by Crippen LogP contribution is 2.37. The molecule has 3 aromatic rings. The Kier molecular flexibility index (Phi) is 11.6. The van der Waals surface area contributed by atoms with Gasteiger partial charge in [-0.15, -0.1) is 0 Å². The zero-order valence-corrected chi connectivity index (χ0v) is 32.8. The Bertz CT molecular complexity index is 2060. The molecular formula is C34H38Br2N4O8S2. The van der Waals surface area contributed by atoms with Crippen LogP contribution in [0.1, 0.15) is 43.0 Å². The van der Waals surface area contributed by atoms with Gasteiger partial charge in [0.2, 0.25) is 31.9 Å². The van der Waals surface area contributed by atoms with Crippen LogP contribution >= 0.6 is 31.9 Å². The van der Waals surface area contributed by atoms with Gasteiger partial charge >= 0.3 is 5.97 Å². The molecule has 2 aliphatic rings. The number of benzene rings is 3. The SMILES string of the molecule is COC(=O)[C@H](Cc1ccc(CC(=O)N2CCc3cc(Br)c(S(=O)(=O)NCC(C)C)cc32)cc1)NS(=O)(=O)c1cc2c(cc1Br)CCN2C(C)=O. The van der Waals surface area contributed by atoms with Gasteiger partial charge in [-0.1, -0.05) is 38.1 Å². The van der Waals surface area contributed by atoms with Crippen LogP contribution in [0.5, 0.6) is 0 Å². The van der Waals surface area contributed by atoms with Crippen LogP contribution in [0.15, 0.2) is 67.3 Å². The highest BCUT2D eigenvalue weighted by molar-refractivity contribution is 9.10. The van der Waals surface area contributed by atoms with Gasteiger partial charge in [0.05, 0.1) is 23.3 Å². The van der Waals surface area contributed by atoms with Gasteiger partial charge in [0.1, 0.15) is 6.04 Å². The van der Waals surface area contributed by atoms with Gasteiger partial charge in [-0.25, -0.2) is 21.6 Å². The molecule has 0 aliphatic carbocycles. The van der Waals surface area contributed by atoms with Crippen LogP contribution in [0.4, 0.5) is 11.4 Å². The fourth-order valence-electron chi connectivity index (χ4n) is 5.99. The molecule has 268 valence electrons. The number of carbonyl (C=O) groups is 3. The number of hydrogen-bond donors (Lipinski definition) is 2. The van der Waals surface area contributed by atoms with Crippen LogP contribution in [0.25, 0.3) is 0 Å². The van der Waals surface area contributed by atoms with Gasteiger partial charge < -0.3 is 14.5 Å². The summed E-state index contributed by atoms with van der Waals surface area (Å²) in [6.45, 7) is 6.38. The minimum absolute atomic E-state index is 0.0290. The fraction of sp³-hybridized carbons (Fsp3) is 0.382. The zero-order valence-electron chi connectivity index (χ0n) is 28.0. The van der Waals surface area contributed by atoms with Crippen LogP contribution < -0.4 is 19.2 Å². The average molecular weight is 855 g/mol.